The van der Waals surface area contributed by atoms with E-state index in [1.165, 1.54) is 5.56 Å². The quantitative estimate of drug-likeness (QED) is 0.588. The molecule has 1 aromatic rings. The molecule has 13 heavy (non-hydrogen) atoms. The minimum Gasteiger partial charge on any atom is -0.508 e. The van der Waals surface area contributed by atoms with Crippen molar-refractivity contribution < 1.29 is 5.11 Å². The molecule has 3 nitrogen and oxygen atoms in total. The molecule has 0 aromatic heterocycles. The zero-order chi connectivity index (χ0) is 9.26. The normalized spacial score (nSPS) is 21.2. The van der Waals surface area contributed by atoms with Crippen LogP contribution in [0, 0.1) is 0 Å². The average Bonchev–Trinajstić information content (AvgIpc) is 2.18. The van der Waals surface area contributed by atoms with Crippen LogP contribution in [0.4, 0.5) is 0 Å². The molecule has 0 saturated heterocycles. The highest BCUT2D eigenvalue weighted by Crippen LogP contribution is 2.29. The molecule has 0 aliphatic carbocycles. The Balaban J connectivity index is 2.45. The van der Waals surface area contributed by atoms with Gasteiger partial charge in [-0.15, -0.1) is 0 Å². The van der Waals surface area contributed by atoms with Gasteiger partial charge in [0.2, 0.25) is 0 Å². The van der Waals surface area contributed by atoms with Gasteiger partial charge in [0.25, 0.3) is 0 Å². The molecule has 0 spiro atoms. The summed E-state index contributed by atoms with van der Waals surface area (Å²) in [4.78, 5) is 0. The number of nitrogens with one attached hydrogen (secondary N) is 1. The molecule has 0 fully saturated rings. The van der Waals surface area contributed by atoms with Crippen molar-refractivity contribution in [3.63, 3.8) is 0 Å². The van der Waals surface area contributed by atoms with Crippen LogP contribution in [-0.2, 0) is 6.54 Å². The van der Waals surface area contributed by atoms with Crippen LogP contribution in [0.1, 0.15) is 17.0 Å². The molecular weight excluding hydrogens is 164 g/mol. The van der Waals surface area contributed by atoms with Crippen LogP contribution in [0.3, 0.4) is 0 Å². The van der Waals surface area contributed by atoms with E-state index in [2.05, 4.69) is 5.32 Å². The Hall–Kier alpha value is -1.06. The van der Waals surface area contributed by atoms with Gasteiger partial charge in [0.1, 0.15) is 5.75 Å². The molecule has 2 rings (SSSR count). The Labute approximate surface area is 77.6 Å². The third-order valence-corrected chi connectivity index (χ3v) is 2.60. The van der Waals surface area contributed by atoms with Crippen molar-refractivity contribution in [1.29, 1.82) is 0 Å². The van der Waals surface area contributed by atoms with Gasteiger partial charge in [-0.05, 0) is 11.6 Å². The van der Waals surface area contributed by atoms with Crippen molar-refractivity contribution in [2.45, 2.75) is 12.5 Å². The van der Waals surface area contributed by atoms with Gasteiger partial charge in [0.15, 0.2) is 0 Å². The Kier molecular flexibility index (Phi) is 2.20. The first kappa shape index (κ1) is 8.53. The van der Waals surface area contributed by atoms with E-state index >= 15 is 0 Å². The molecule has 1 heterocycles. The molecule has 4 N–H and O–H groups in total. The predicted octanol–water partition coefficient (Wildman–Crippen LogP) is 0.538. The highest BCUT2D eigenvalue weighted by Gasteiger charge is 2.20. The number of phenols is 1. The molecule has 1 aliphatic rings. The first-order chi connectivity index (χ1) is 6.33. The Morgan fingerprint density at radius 1 is 1.54 bits per heavy atom. The second kappa shape index (κ2) is 3.36. The highest BCUT2D eigenvalue weighted by atomic mass is 16.3. The lowest BCUT2D eigenvalue weighted by Crippen LogP contribution is -2.32. The lowest BCUT2D eigenvalue weighted by molar-refractivity contribution is 0.450. The van der Waals surface area contributed by atoms with E-state index in [1.54, 1.807) is 6.07 Å². The van der Waals surface area contributed by atoms with Crippen molar-refractivity contribution in [1.82, 2.24) is 5.32 Å². The monoisotopic (exact) mass is 178 g/mol. The van der Waals surface area contributed by atoms with Crippen LogP contribution in [0.2, 0.25) is 0 Å². The van der Waals surface area contributed by atoms with Crippen molar-refractivity contribution >= 4 is 0 Å². The second-order valence-corrected chi connectivity index (χ2v) is 3.41. The summed E-state index contributed by atoms with van der Waals surface area (Å²) >= 11 is 0. The SMILES string of the molecule is NCC1CNCc2c(O)cccc21. The standard InChI is InChI=1S/C10H14N2O/c11-4-7-5-12-6-9-8(7)2-1-3-10(9)13/h1-3,7,12-13H,4-6,11H2. The highest BCUT2D eigenvalue weighted by molar-refractivity contribution is 5.42. The minimum atomic E-state index is 0.343. The summed E-state index contributed by atoms with van der Waals surface area (Å²) in [5.74, 6) is 0.721. The van der Waals surface area contributed by atoms with Crippen molar-refractivity contribution in [2.24, 2.45) is 5.73 Å². The number of benzene rings is 1. The number of hydrogen-bond acceptors (Lipinski definition) is 3. The number of aromatic hydroxyl groups is 1. The summed E-state index contributed by atoms with van der Waals surface area (Å²) < 4.78 is 0. The second-order valence-electron chi connectivity index (χ2n) is 3.41. The fraction of sp³-hybridized carbons (Fsp3) is 0.400. The fourth-order valence-corrected chi connectivity index (χ4v) is 1.86. The molecule has 0 radical (unpaired) electrons. The van der Waals surface area contributed by atoms with E-state index in [0.717, 1.165) is 18.7 Å². The minimum absolute atomic E-state index is 0.343. The molecule has 1 atom stereocenters. The Morgan fingerprint density at radius 2 is 2.38 bits per heavy atom. The van der Waals surface area contributed by atoms with E-state index in [1.807, 2.05) is 12.1 Å². The van der Waals surface area contributed by atoms with E-state index in [4.69, 9.17) is 5.73 Å². The summed E-state index contributed by atoms with van der Waals surface area (Å²) in [5, 5.41) is 12.8. The van der Waals surface area contributed by atoms with E-state index in [-0.39, 0.29) is 0 Å². The Bertz CT molecular complexity index is 312. The number of nitrogens with two attached hydrogens (primary N) is 1. The van der Waals surface area contributed by atoms with Gasteiger partial charge in [-0.3, -0.25) is 0 Å². The van der Waals surface area contributed by atoms with Crippen LogP contribution in [0.15, 0.2) is 18.2 Å². The molecule has 0 amide bonds. The maximum atomic E-state index is 9.59. The number of fused-ring (bicyclic) bond motifs is 1. The lowest BCUT2D eigenvalue weighted by atomic mass is 9.90. The van der Waals surface area contributed by atoms with Crippen LogP contribution < -0.4 is 11.1 Å². The van der Waals surface area contributed by atoms with Gasteiger partial charge >= 0.3 is 0 Å². The first-order valence-corrected chi connectivity index (χ1v) is 4.54. The number of hydrogen-bond donors (Lipinski definition) is 3. The van der Waals surface area contributed by atoms with Crippen LogP contribution >= 0.6 is 0 Å². The molecule has 1 aliphatic heterocycles. The smallest absolute Gasteiger partial charge is 0.120 e. The maximum Gasteiger partial charge on any atom is 0.120 e. The van der Waals surface area contributed by atoms with Gasteiger partial charge in [0, 0.05) is 31.1 Å². The van der Waals surface area contributed by atoms with Crippen LogP contribution in [-0.4, -0.2) is 18.2 Å². The van der Waals surface area contributed by atoms with Crippen molar-refractivity contribution in [3.05, 3.63) is 29.3 Å². The summed E-state index contributed by atoms with van der Waals surface area (Å²) in [6.45, 7) is 2.29. The van der Waals surface area contributed by atoms with Gasteiger partial charge < -0.3 is 16.2 Å². The van der Waals surface area contributed by atoms with E-state index in [0.29, 0.717) is 18.2 Å². The van der Waals surface area contributed by atoms with Crippen LogP contribution in [0.25, 0.3) is 0 Å². The molecule has 0 bridgehead atoms. The average molecular weight is 178 g/mol. The molecular formula is C10H14N2O. The van der Waals surface area contributed by atoms with Gasteiger partial charge in [-0.25, -0.2) is 0 Å². The topological polar surface area (TPSA) is 58.3 Å². The van der Waals surface area contributed by atoms with E-state index in [9.17, 15) is 5.11 Å². The van der Waals surface area contributed by atoms with E-state index < -0.39 is 0 Å². The number of phenolic OH excluding ortho intramolecular Hbond substituents is 1. The molecule has 70 valence electrons. The predicted molar refractivity (Wildman–Crippen MR) is 51.6 cm³/mol. The molecule has 3 heteroatoms. The number of rotatable bonds is 1. The summed E-state index contributed by atoms with van der Waals surface area (Å²) in [5.41, 5.74) is 7.85. The summed E-state index contributed by atoms with van der Waals surface area (Å²) in [7, 11) is 0. The zero-order valence-corrected chi connectivity index (χ0v) is 7.46. The van der Waals surface area contributed by atoms with Crippen molar-refractivity contribution in [3.8, 4) is 5.75 Å². The summed E-state index contributed by atoms with van der Waals surface area (Å²) in [6, 6.07) is 5.65. The maximum absolute atomic E-state index is 9.59. The fourth-order valence-electron chi connectivity index (χ4n) is 1.86. The molecule has 0 saturated carbocycles. The summed E-state index contributed by atoms with van der Waals surface area (Å²) in [6.07, 6.45) is 0. The Morgan fingerprint density at radius 3 is 3.15 bits per heavy atom. The zero-order valence-electron chi connectivity index (χ0n) is 7.46. The largest absolute Gasteiger partial charge is 0.508 e. The lowest BCUT2D eigenvalue weighted by Gasteiger charge is -2.25. The third-order valence-electron chi connectivity index (χ3n) is 2.60. The first-order valence-electron chi connectivity index (χ1n) is 4.54. The molecule has 1 aromatic carbocycles. The van der Waals surface area contributed by atoms with Gasteiger partial charge in [-0.2, -0.15) is 0 Å². The van der Waals surface area contributed by atoms with Gasteiger partial charge in [0.05, 0.1) is 0 Å². The molecule has 1 unspecified atom stereocenters. The third kappa shape index (κ3) is 1.41. The van der Waals surface area contributed by atoms with Gasteiger partial charge in [-0.1, -0.05) is 12.1 Å². The van der Waals surface area contributed by atoms with Crippen molar-refractivity contribution in [2.75, 3.05) is 13.1 Å². The van der Waals surface area contributed by atoms with Crippen LogP contribution in [0.5, 0.6) is 5.75 Å².